The predicted octanol–water partition coefficient (Wildman–Crippen LogP) is 10.9. The molecular formula is C43H32O2. The van der Waals surface area contributed by atoms with E-state index in [0.29, 0.717) is 21.9 Å². The van der Waals surface area contributed by atoms with Gasteiger partial charge in [0, 0.05) is 10.8 Å². The van der Waals surface area contributed by atoms with Crippen LogP contribution in [0.15, 0.2) is 131 Å². The lowest BCUT2D eigenvalue weighted by atomic mass is 9.82. The summed E-state index contributed by atoms with van der Waals surface area (Å²) < 4.78 is 6.30. The van der Waals surface area contributed by atoms with Crippen molar-refractivity contribution >= 4 is 21.9 Å². The van der Waals surface area contributed by atoms with Crippen LogP contribution in [0.1, 0.15) is 49.9 Å². The zero-order chi connectivity index (χ0) is 30.7. The molecule has 1 aromatic heterocycles. The molecule has 0 aliphatic heterocycles. The minimum absolute atomic E-state index is 0.00442. The molecule has 2 heteroatoms. The number of benzene rings is 6. The molecular weight excluding hydrogens is 548 g/mol. The third-order valence-electron chi connectivity index (χ3n) is 10.5. The van der Waals surface area contributed by atoms with Crippen LogP contribution in [0, 0.1) is 0 Å². The molecule has 0 N–H and O–H groups in total. The molecule has 0 amide bonds. The van der Waals surface area contributed by atoms with Gasteiger partial charge in [0.1, 0.15) is 11.2 Å². The highest BCUT2D eigenvalue weighted by Gasteiger charge is 2.36. The number of rotatable bonds is 2. The number of hydrogen-bond acceptors (Lipinski definition) is 2. The summed E-state index contributed by atoms with van der Waals surface area (Å²) in [5.41, 5.74) is 15.8. The summed E-state index contributed by atoms with van der Waals surface area (Å²) in [4.78, 5) is 14.1. The van der Waals surface area contributed by atoms with Crippen LogP contribution in [-0.4, -0.2) is 0 Å². The molecule has 1 heterocycles. The molecule has 0 spiro atoms. The fourth-order valence-corrected chi connectivity index (χ4v) is 8.01. The van der Waals surface area contributed by atoms with Gasteiger partial charge in [-0.15, -0.1) is 0 Å². The van der Waals surface area contributed by atoms with Crippen LogP contribution in [0.5, 0.6) is 0 Å². The molecule has 0 saturated carbocycles. The van der Waals surface area contributed by atoms with Crippen molar-refractivity contribution in [3.63, 3.8) is 0 Å². The first-order valence-corrected chi connectivity index (χ1v) is 15.7. The lowest BCUT2D eigenvalue weighted by Crippen LogP contribution is -2.14. The quantitative estimate of drug-likeness (QED) is 0.190. The summed E-state index contributed by atoms with van der Waals surface area (Å²) in [6, 6.07) is 42.8. The van der Waals surface area contributed by atoms with Gasteiger partial charge in [0.15, 0.2) is 0 Å². The normalized spacial score (nSPS) is 15.1. The van der Waals surface area contributed by atoms with Gasteiger partial charge in [0.05, 0.1) is 10.8 Å². The molecule has 45 heavy (non-hydrogen) atoms. The second kappa shape index (κ2) is 8.92. The van der Waals surface area contributed by atoms with Crippen LogP contribution < -0.4 is 5.43 Å². The van der Waals surface area contributed by atoms with Crippen molar-refractivity contribution in [2.45, 2.75) is 38.5 Å². The van der Waals surface area contributed by atoms with Gasteiger partial charge in [-0.25, -0.2) is 0 Å². The van der Waals surface area contributed by atoms with E-state index in [1.807, 2.05) is 24.3 Å². The van der Waals surface area contributed by atoms with Gasteiger partial charge >= 0.3 is 0 Å². The second-order valence-corrected chi connectivity index (χ2v) is 13.7. The summed E-state index contributed by atoms with van der Waals surface area (Å²) in [7, 11) is 0. The maximum absolute atomic E-state index is 14.1. The Balaban J connectivity index is 1.16. The molecule has 0 radical (unpaired) electrons. The van der Waals surface area contributed by atoms with Crippen molar-refractivity contribution in [2.24, 2.45) is 0 Å². The summed E-state index contributed by atoms with van der Waals surface area (Å²) in [5, 5.41) is 1.20. The minimum atomic E-state index is -0.0377. The largest absolute Gasteiger partial charge is 0.456 e. The molecule has 2 aliphatic rings. The molecule has 0 saturated heterocycles. The van der Waals surface area contributed by atoms with Crippen molar-refractivity contribution in [1.29, 1.82) is 0 Å². The smallest absolute Gasteiger partial charge is 0.200 e. The van der Waals surface area contributed by atoms with E-state index in [4.69, 9.17) is 4.42 Å². The Bertz CT molecular complexity index is 2290. The molecule has 0 atom stereocenters. The van der Waals surface area contributed by atoms with Gasteiger partial charge in [0.2, 0.25) is 5.43 Å². The molecule has 2 nitrogen and oxygen atoms in total. The van der Waals surface area contributed by atoms with Gasteiger partial charge in [-0.3, -0.25) is 4.79 Å². The first-order chi connectivity index (χ1) is 21.7. The Morgan fingerprint density at radius 1 is 0.422 bits per heavy atom. The lowest BCUT2D eigenvalue weighted by Gasteiger charge is -2.21. The van der Waals surface area contributed by atoms with Crippen LogP contribution >= 0.6 is 0 Å². The van der Waals surface area contributed by atoms with Gasteiger partial charge in [-0.1, -0.05) is 113 Å². The highest BCUT2D eigenvalue weighted by molar-refractivity contribution is 5.95. The Morgan fingerprint density at radius 3 is 1.27 bits per heavy atom. The molecule has 0 fully saturated rings. The highest BCUT2D eigenvalue weighted by Crippen LogP contribution is 2.51. The average molecular weight is 581 g/mol. The average Bonchev–Trinajstić information content (AvgIpc) is 3.44. The zero-order valence-electron chi connectivity index (χ0n) is 25.9. The molecule has 0 bridgehead atoms. The predicted molar refractivity (Wildman–Crippen MR) is 186 cm³/mol. The molecule has 0 unspecified atom stereocenters. The van der Waals surface area contributed by atoms with Gasteiger partial charge in [0.25, 0.3) is 0 Å². The summed E-state index contributed by atoms with van der Waals surface area (Å²) in [5.74, 6) is 0. The van der Waals surface area contributed by atoms with Crippen molar-refractivity contribution < 1.29 is 4.42 Å². The van der Waals surface area contributed by atoms with Gasteiger partial charge < -0.3 is 4.42 Å². The zero-order valence-corrected chi connectivity index (χ0v) is 25.9. The van der Waals surface area contributed by atoms with E-state index in [-0.39, 0.29) is 16.3 Å². The molecule has 6 aromatic carbocycles. The van der Waals surface area contributed by atoms with Crippen molar-refractivity contribution in [2.75, 3.05) is 0 Å². The van der Waals surface area contributed by atoms with E-state index in [1.54, 1.807) is 0 Å². The number of hydrogen-bond donors (Lipinski definition) is 0. The topological polar surface area (TPSA) is 30.2 Å². The van der Waals surface area contributed by atoms with E-state index in [2.05, 4.69) is 125 Å². The number of fused-ring (bicyclic) bond motifs is 8. The Morgan fingerprint density at radius 2 is 0.800 bits per heavy atom. The monoisotopic (exact) mass is 580 g/mol. The lowest BCUT2D eigenvalue weighted by molar-refractivity contribution is 0.660. The summed E-state index contributed by atoms with van der Waals surface area (Å²) in [6.45, 7) is 9.17. The maximum atomic E-state index is 14.1. The van der Waals surface area contributed by atoms with E-state index >= 15 is 0 Å². The van der Waals surface area contributed by atoms with Gasteiger partial charge in [-0.2, -0.15) is 0 Å². The molecule has 9 rings (SSSR count). The van der Waals surface area contributed by atoms with Crippen molar-refractivity contribution in [3.8, 4) is 44.5 Å². The summed E-state index contributed by atoms with van der Waals surface area (Å²) >= 11 is 0. The summed E-state index contributed by atoms with van der Waals surface area (Å²) in [6.07, 6.45) is 0. The first kappa shape index (κ1) is 26.2. The highest BCUT2D eigenvalue weighted by atomic mass is 16.3. The molecule has 216 valence electrons. The van der Waals surface area contributed by atoms with Crippen LogP contribution in [0.2, 0.25) is 0 Å². The third kappa shape index (κ3) is 3.60. The molecule has 2 aliphatic carbocycles. The Hall–Kier alpha value is -5.21. The van der Waals surface area contributed by atoms with Crippen molar-refractivity contribution in [3.05, 3.63) is 154 Å². The van der Waals surface area contributed by atoms with E-state index < -0.39 is 0 Å². The fourth-order valence-electron chi connectivity index (χ4n) is 8.01. The first-order valence-electron chi connectivity index (χ1n) is 15.7. The van der Waals surface area contributed by atoms with Crippen molar-refractivity contribution in [1.82, 2.24) is 0 Å². The SMILES string of the molecule is CC1(C)c2ccccc2-c2cc(-c3ccc4oc5ccc(-c6ccc7c(c6)-c6ccccc6C7(C)C)cc5c(=O)c4c3)ccc21. The van der Waals surface area contributed by atoms with E-state index in [9.17, 15) is 4.79 Å². The fraction of sp³-hybridized carbons (Fsp3) is 0.140. The van der Waals surface area contributed by atoms with Crippen LogP contribution in [0.3, 0.4) is 0 Å². The van der Waals surface area contributed by atoms with Crippen LogP contribution in [-0.2, 0) is 10.8 Å². The second-order valence-electron chi connectivity index (χ2n) is 13.7. The van der Waals surface area contributed by atoms with E-state index in [0.717, 1.165) is 22.3 Å². The Kier molecular flexibility index (Phi) is 5.20. The van der Waals surface area contributed by atoms with E-state index in [1.165, 1.54) is 44.5 Å². The Labute approximate surface area is 262 Å². The standard InChI is InChI=1S/C43H32O2/c1-42(2)35-11-7-5-9-29(35)31-21-25(13-17-37(31)42)27-15-19-39-33(23-27)41(44)34-24-28(16-20-40(34)45-39)26-14-18-38-32(22-26)30-10-6-8-12-36(30)43(38,3)4/h5-24H,1-4H3. The molecule has 7 aromatic rings. The third-order valence-corrected chi connectivity index (χ3v) is 10.5. The van der Waals surface area contributed by atoms with Crippen LogP contribution in [0.4, 0.5) is 0 Å². The van der Waals surface area contributed by atoms with Crippen LogP contribution in [0.25, 0.3) is 66.4 Å². The maximum Gasteiger partial charge on any atom is 0.200 e. The minimum Gasteiger partial charge on any atom is -0.456 e. The van der Waals surface area contributed by atoms with Gasteiger partial charge in [-0.05, 0) is 103 Å².